The molecule has 0 atom stereocenters. The van der Waals surface area contributed by atoms with Gasteiger partial charge in [-0.2, -0.15) is 5.10 Å². The van der Waals surface area contributed by atoms with Crippen molar-refractivity contribution in [3.63, 3.8) is 0 Å². The van der Waals surface area contributed by atoms with Gasteiger partial charge in [0.1, 0.15) is 11.5 Å². The third-order valence-electron chi connectivity index (χ3n) is 3.85. The smallest absolute Gasteiger partial charge is 0.149 e. The molecule has 5 nitrogen and oxygen atoms in total. The second-order valence-corrected chi connectivity index (χ2v) is 5.28. The van der Waals surface area contributed by atoms with E-state index in [1.54, 1.807) is 13.4 Å². The third-order valence-corrected chi connectivity index (χ3v) is 3.85. The van der Waals surface area contributed by atoms with Crippen LogP contribution in [0.25, 0.3) is 0 Å². The first-order chi connectivity index (χ1) is 10.8. The minimum atomic E-state index is 0.826. The van der Waals surface area contributed by atoms with Crippen LogP contribution < -0.4 is 9.64 Å². The molecule has 2 aromatic rings. The molecule has 0 amide bonds. The largest absolute Gasteiger partial charge is 0.495 e. The second kappa shape index (κ2) is 6.56. The Kier molecular flexibility index (Phi) is 4.32. The summed E-state index contributed by atoms with van der Waals surface area (Å²) in [6.07, 6.45) is 1.67. The van der Waals surface area contributed by atoms with Gasteiger partial charge in [-0.05, 0) is 31.2 Å². The summed E-state index contributed by atoms with van der Waals surface area (Å²) in [6.45, 7) is 5.60. The van der Waals surface area contributed by atoms with Crippen molar-refractivity contribution in [1.29, 1.82) is 0 Å². The maximum atomic E-state index is 5.44. The Morgan fingerprint density at radius 2 is 1.86 bits per heavy atom. The zero-order valence-electron chi connectivity index (χ0n) is 13.0. The lowest BCUT2D eigenvalue weighted by Gasteiger charge is -2.35. The molecule has 1 aromatic carbocycles. The molecule has 1 aromatic heterocycles. The zero-order valence-corrected chi connectivity index (χ0v) is 13.0. The fourth-order valence-corrected chi connectivity index (χ4v) is 2.67. The van der Waals surface area contributed by atoms with Crippen LogP contribution in [0.15, 0.2) is 52.2 Å². The summed E-state index contributed by atoms with van der Waals surface area (Å²) in [5, 5.41) is 6.75. The molecule has 1 aliphatic heterocycles. The monoisotopic (exact) mass is 299 g/mol. The number of hydrogen-bond donors (Lipinski definition) is 0. The van der Waals surface area contributed by atoms with Gasteiger partial charge in [-0.1, -0.05) is 12.1 Å². The van der Waals surface area contributed by atoms with Crippen molar-refractivity contribution in [2.75, 3.05) is 38.2 Å². The number of piperazine rings is 1. The van der Waals surface area contributed by atoms with Crippen LogP contribution in [0, 0.1) is 0 Å². The van der Waals surface area contributed by atoms with Gasteiger partial charge in [-0.15, -0.1) is 0 Å². The highest BCUT2D eigenvalue weighted by atomic mass is 16.5. The first-order valence-corrected chi connectivity index (χ1v) is 7.50. The van der Waals surface area contributed by atoms with Crippen LogP contribution in [0.5, 0.6) is 5.75 Å². The highest BCUT2D eigenvalue weighted by molar-refractivity contribution is 5.95. The van der Waals surface area contributed by atoms with E-state index in [1.807, 2.05) is 37.3 Å². The molecule has 0 N–H and O–H groups in total. The Balaban J connectivity index is 1.64. The van der Waals surface area contributed by atoms with E-state index in [2.05, 4.69) is 21.1 Å². The van der Waals surface area contributed by atoms with Crippen molar-refractivity contribution in [3.05, 3.63) is 48.4 Å². The molecule has 1 aliphatic rings. The number of anilines is 1. The van der Waals surface area contributed by atoms with E-state index < -0.39 is 0 Å². The van der Waals surface area contributed by atoms with Crippen molar-refractivity contribution in [1.82, 2.24) is 5.01 Å². The number of methoxy groups -OCH3 is 1. The molecule has 22 heavy (non-hydrogen) atoms. The number of hydrazone groups is 1. The van der Waals surface area contributed by atoms with E-state index in [4.69, 9.17) is 9.15 Å². The van der Waals surface area contributed by atoms with Crippen molar-refractivity contribution in [2.45, 2.75) is 6.92 Å². The average molecular weight is 299 g/mol. The van der Waals surface area contributed by atoms with Gasteiger partial charge < -0.3 is 14.1 Å². The van der Waals surface area contributed by atoms with Crippen molar-refractivity contribution < 1.29 is 9.15 Å². The number of benzene rings is 1. The molecule has 0 saturated carbocycles. The highest BCUT2D eigenvalue weighted by Gasteiger charge is 2.18. The Hall–Kier alpha value is -2.43. The standard InChI is InChI=1S/C17H21N3O2/c1-14(16-8-5-13-22-16)18-20-11-9-19(10-12-20)15-6-3-4-7-17(15)21-2/h3-8,13H,9-12H2,1-2H3. The maximum Gasteiger partial charge on any atom is 0.149 e. The van der Waals surface area contributed by atoms with Gasteiger partial charge in [0, 0.05) is 13.1 Å². The lowest BCUT2D eigenvalue weighted by Crippen LogP contribution is -2.44. The average Bonchev–Trinajstić information content (AvgIpc) is 3.10. The minimum Gasteiger partial charge on any atom is -0.495 e. The van der Waals surface area contributed by atoms with Crippen LogP contribution in [0.4, 0.5) is 5.69 Å². The molecule has 0 aliphatic carbocycles. The van der Waals surface area contributed by atoms with Gasteiger partial charge in [0.25, 0.3) is 0 Å². The molecule has 1 saturated heterocycles. The van der Waals surface area contributed by atoms with E-state index >= 15 is 0 Å². The molecule has 5 heteroatoms. The van der Waals surface area contributed by atoms with Gasteiger partial charge in [0.05, 0.1) is 37.9 Å². The summed E-state index contributed by atoms with van der Waals surface area (Å²) in [7, 11) is 1.71. The van der Waals surface area contributed by atoms with Crippen molar-refractivity contribution in [3.8, 4) is 5.75 Å². The molecule has 1 fully saturated rings. The number of nitrogens with zero attached hydrogens (tertiary/aromatic N) is 3. The van der Waals surface area contributed by atoms with Gasteiger partial charge in [0.15, 0.2) is 0 Å². The van der Waals surface area contributed by atoms with Crippen LogP contribution in [0.2, 0.25) is 0 Å². The summed E-state index contributed by atoms with van der Waals surface area (Å²) in [5.41, 5.74) is 2.06. The number of ether oxygens (including phenoxy) is 1. The van der Waals surface area contributed by atoms with Crippen LogP contribution >= 0.6 is 0 Å². The molecule has 0 bridgehead atoms. The zero-order chi connectivity index (χ0) is 15.4. The van der Waals surface area contributed by atoms with E-state index in [0.29, 0.717) is 0 Å². The second-order valence-electron chi connectivity index (χ2n) is 5.28. The molecule has 0 unspecified atom stereocenters. The van der Waals surface area contributed by atoms with E-state index in [0.717, 1.165) is 49.1 Å². The summed E-state index contributed by atoms with van der Waals surface area (Å²) < 4.78 is 10.8. The lowest BCUT2D eigenvalue weighted by molar-refractivity contribution is 0.269. The highest BCUT2D eigenvalue weighted by Crippen LogP contribution is 2.28. The first kappa shape index (κ1) is 14.5. The first-order valence-electron chi connectivity index (χ1n) is 7.50. The van der Waals surface area contributed by atoms with Crippen molar-refractivity contribution in [2.24, 2.45) is 5.10 Å². The Labute approximate surface area is 130 Å². The topological polar surface area (TPSA) is 41.2 Å². The van der Waals surface area contributed by atoms with Crippen LogP contribution in [-0.2, 0) is 0 Å². The van der Waals surface area contributed by atoms with E-state index in [-0.39, 0.29) is 0 Å². The van der Waals surface area contributed by atoms with Crippen LogP contribution in [0.3, 0.4) is 0 Å². The fraction of sp³-hybridized carbons (Fsp3) is 0.353. The Bertz CT molecular complexity index is 629. The molecule has 0 radical (unpaired) electrons. The third kappa shape index (κ3) is 3.08. The molecule has 3 rings (SSSR count). The maximum absolute atomic E-state index is 5.44. The summed E-state index contributed by atoms with van der Waals surface area (Å²) in [4.78, 5) is 2.34. The number of hydrogen-bond acceptors (Lipinski definition) is 5. The van der Waals surface area contributed by atoms with Gasteiger partial charge in [-0.3, -0.25) is 5.01 Å². The summed E-state index contributed by atoms with van der Waals surface area (Å²) in [6, 6.07) is 12.0. The van der Waals surface area contributed by atoms with Crippen LogP contribution in [-0.4, -0.2) is 44.0 Å². The van der Waals surface area contributed by atoms with Crippen molar-refractivity contribution >= 4 is 11.4 Å². The molecular formula is C17H21N3O2. The minimum absolute atomic E-state index is 0.826. The number of furan rings is 1. The van der Waals surface area contributed by atoms with Crippen LogP contribution in [0.1, 0.15) is 12.7 Å². The molecular weight excluding hydrogens is 278 g/mol. The quantitative estimate of drug-likeness (QED) is 0.814. The normalized spacial score (nSPS) is 16.0. The lowest BCUT2D eigenvalue weighted by atomic mass is 10.2. The number of rotatable bonds is 4. The Morgan fingerprint density at radius 3 is 2.55 bits per heavy atom. The predicted octanol–water partition coefficient (Wildman–Crippen LogP) is 2.83. The molecule has 2 heterocycles. The SMILES string of the molecule is COc1ccccc1N1CCN(N=C(C)c2ccco2)CC1. The van der Waals surface area contributed by atoms with Gasteiger partial charge >= 0.3 is 0 Å². The molecule has 0 spiro atoms. The van der Waals surface area contributed by atoms with E-state index in [9.17, 15) is 0 Å². The fourth-order valence-electron chi connectivity index (χ4n) is 2.67. The summed E-state index contributed by atoms with van der Waals surface area (Å²) >= 11 is 0. The Morgan fingerprint density at radius 1 is 1.09 bits per heavy atom. The van der Waals surface area contributed by atoms with Gasteiger partial charge in [-0.25, -0.2) is 0 Å². The predicted molar refractivity (Wildman–Crippen MR) is 87.7 cm³/mol. The van der Waals surface area contributed by atoms with E-state index in [1.165, 1.54) is 0 Å². The number of para-hydroxylation sites is 2. The van der Waals surface area contributed by atoms with Gasteiger partial charge in [0.2, 0.25) is 0 Å². The molecule has 116 valence electrons. The summed E-state index contributed by atoms with van der Waals surface area (Å²) in [5.74, 6) is 1.75.